The molecule has 2 N–H and O–H groups in total. The Hall–Kier alpha value is -1.30. The monoisotopic (exact) mass is 175 g/mol. The topological polar surface area (TPSA) is 40.5 Å². The summed E-state index contributed by atoms with van der Waals surface area (Å²) in [7, 11) is 0. The largest absolute Gasteiger partial charge is 0.389 e. The standard InChI is InChI=1S/C11H11O2/c1-2-10(12)11(13)8-9-6-4-3-5-7-9/h3-7,10-13H,8H2. The van der Waals surface area contributed by atoms with Crippen molar-refractivity contribution < 1.29 is 10.2 Å². The molecule has 67 valence electrons. The van der Waals surface area contributed by atoms with Gasteiger partial charge in [-0.1, -0.05) is 36.3 Å². The number of rotatable bonds is 3. The van der Waals surface area contributed by atoms with Crippen molar-refractivity contribution in [2.24, 2.45) is 0 Å². The van der Waals surface area contributed by atoms with Gasteiger partial charge in [0.2, 0.25) is 0 Å². The van der Waals surface area contributed by atoms with Crippen LogP contribution in [0.5, 0.6) is 0 Å². The summed E-state index contributed by atoms with van der Waals surface area (Å²) in [6.07, 6.45) is 4.85. The van der Waals surface area contributed by atoms with E-state index < -0.39 is 12.2 Å². The first kappa shape index (κ1) is 9.79. The van der Waals surface area contributed by atoms with Gasteiger partial charge in [-0.2, -0.15) is 0 Å². The van der Waals surface area contributed by atoms with E-state index in [4.69, 9.17) is 11.5 Å². The molecular weight excluding hydrogens is 164 g/mol. The molecule has 0 saturated carbocycles. The van der Waals surface area contributed by atoms with Crippen LogP contribution >= 0.6 is 0 Å². The van der Waals surface area contributed by atoms with E-state index in [2.05, 4.69) is 0 Å². The third kappa shape index (κ3) is 2.90. The van der Waals surface area contributed by atoms with Gasteiger partial charge < -0.3 is 10.2 Å². The molecular formula is C11H11O2. The smallest absolute Gasteiger partial charge is 0.141 e. The second-order valence-corrected chi connectivity index (χ2v) is 2.85. The molecule has 0 amide bonds. The Morgan fingerprint density at radius 3 is 2.38 bits per heavy atom. The van der Waals surface area contributed by atoms with E-state index in [9.17, 15) is 5.11 Å². The van der Waals surface area contributed by atoms with Gasteiger partial charge in [-0.25, -0.2) is 0 Å². The molecule has 0 spiro atoms. The van der Waals surface area contributed by atoms with E-state index in [0.29, 0.717) is 6.42 Å². The molecule has 1 aromatic carbocycles. The van der Waals surface area contributed by atoms with Crippen molar-refractivity contribution >= 4 is 0 Å². The van der Waals surface area contributed by atoms with Crippen LogP contribution in [0.15, 0.2) is 30.3 Å². The summed E-state index contributed by atoms with van der Waals surface area (Å²) in [6, 6.07) is 9.33. The first-order valence-corrected chi connectivity index (χ1v) is 4.06. The highest BCUT2D eigenvalue weighted by Crippen LogP contribution is 2.05. The Kier molecular flexibility index (Phi) is 3.51. The maximum absolute atomic E-state index is 9.34. The fraction of sp³-hybridized carbons (Fsp3) is 0.273. The van der Waals surface area contributed by atoms with Gasteiger partial charge in [-0.3, -0.25) is 0 Å². The Balaban J connectivity index is 2.56. The van der Waals surface area contributed by atoms with Crippen molar-refractivity contribution in [2.45, 2.75) is 18.6 Å². The maximum Gasteiger partial charge on any atom is 0.141 e. The molecule has 0 heterocycles. The van der Waals surface area contributed by atoms with Gasteiger partial charge in [0.15, 0.2) is 0 Å². The SMILES string of the molecule is [C]#CC(O)C(O)Cc1ccccc1. The molecule has 0 aliphatic carbocycles. The normalized spacial score (nSPS) is 14.5. The van der Waals surface area contributed by atoms with E-state index in [-0.39, 0.29) is 0 Å². The van der Waals surface area contributed by atoms with Crippen molar-refractivity contribution in [3.8, 4) is 5.92 Å². The van der Waals surface area contributed by atoms with E-state index in [1.807, 2.05) is 36.3 Å². The van der Waals surface area contributed by atoms with Crippen LogP contribution in [0.1, 0.15) is 5.56 Å². The van der Waals surface area contributed by atoms with Gasteiger partial charge >= 0.3 is 0 Å². The van der Waals surface area contributed by atoms with Gasteiger partial charge in [0.25, 0.3) is 0 Å². The first-order chi connectivity index (χ1) is 6.24. The van der Waals surface area contributed by atoms with Gasteiger partial charge in [-0.05, 0) is 12.0 Å². The van der Waals surface area contributed by atoms with Crippen LogP contribution in [0.3, 0.4) is 0 Å². The van der Waals surface area contributed by atoms with Crippen molar-refractivity contribution in [3.05, 3.63) is 42.3 Å². The summed E-state index contributed by atoms with van der Waals surface area (Å²) in [5, 5.41) is 18.4. The molecule has 0 saturated heterocycles. The van der Waals surface area contributed by atoms with E-state index in [1.165, 1.54) is 0 Å². The summed E-state index contributed by atoms with van der Waals surface area (Å²) in [5.41, 5.74) is 0.935. The lowest BCUT2D eigenvalue weighted by Gasteiger charge is -2.11. The minimum absolute atomic E-state index is 0.341. The highest BCUT2D eigenvalue weighted by atomic mass is 16.3. The summed E-state index contributed by atoms with van der Waals surface area (Å²) in [5.74, 6) is 1.84. The number of aliphatic hydroxyl groups excluding tert-OH is 2. The van der Waals surface area contributed by atoms with Crippen LogP contribution in [0.2, 0.25) is 0 Å². The summed E-state index contributed by atoms with van der Waals surface area (Å²) >= 11 is 0. The highest BCUT2D eigenvalue weighted by molar-refractivity contribution is 5.16. The second-order valence-electron chi connectivity index (χ2n) is 2.85. The predicted molar refractivity (Wildman–Crippen MR) is 49.3 cm³/mol. The molecule has 0 aliphatic rings. The van der Waals surface area contributed by atoms with Gasteiger partial charge in [0.1, 0.15) is 6.10 Å². The average Bonchev–Trinajstić information content (AvgIpc) is 2.18. The van der Waals surface area contributed by atoms with Gasteiger partial charge in [0.05, 0.1) is 6.10 Å². The Bertz CT molecular complexity index is 287. The second kappa shape index (κ2) is 4.66. The van der Waals surface area contributed by atoms with Gasteiger partial charge in [0, 0.05) is 6.42 Å². The van der Waals surface area contributed by atoms with Gasteiger partial charge in [-0.15, -0.1) is 0 Å². The maximum atomic E-state index is 9.34. The fourth-order valence-electron chi connectivity index (χ4n) is 1.06. The molecule has 0 bridgehead atoms. The number of aliphatic hydroxyl groups is 2. The lowest BCUT2D eigenvalue weighted by atomic mass is 10.0. The third-order valence-electron chi connectivity index (χ3n) is 1.80. The van der Waals surface area contributed by atoms with E-state index in [0.717, 1.165) is 5.56 Å². The first-order valence-electron chi connectivity index (χ1n) is 4.06. The molecule has 1 aromatic rings. The zero-order valence-electron chi connectivity index (χ0n) is 7.14. The van der Waals surface area contributed by atoms with Crippen molar-refractivity contribution in [1.29, 1.82) is 0 Å². The fourth-order valence-corrected chi connectivity index (χ4v) is 1.06. The molecule has 2 nitrogen and oxygen atoms in total. The minimum atomic E-state index is -1.19. The molecule has 0 fully saturated rings. The number of benzene rings is 1. The van der Waals surface area contributed by atoms with E-state index >= 15 is 0 Å². The van der Waals surface area contributed by atoms with E-state index in [1.54, 1.807) is 0 Å². The molecule has 1 radical (unpaired) electrons. The van der Waals surface area contributed by atoms with Crippen LogP contribution in [0.4, 0.5) is 0 Å². The zero-order valence-corrected chi connectivity index (χ0v) is 7.14. The summed E-state index contributed by atoms with van der Waals surface area (Å²) in [6.45, 7) is 0. The molecule has 2 unspecified atom stereocenters. The quantitative estimate of drug-likeness (QED) is 0.658. The van der Waals surface area contributed by atoms with Crippen molar-refractivity contribution in [2.75, 3.05) is 0 Å². The molecule has 13 heavy (non-hydrogen) atoms. The Morgan fingerprint density at radius 2 is 1.85 bits per heavy atom. The number of hydrogen-bond donors (Lipinski definition) is 2. The predicted octanol–water partition coefficient (Wildman–Crippen LogP) is 0.541. The summed E-state index contributed by atoms with van der Waals surface area (Å²) in [4.78, 5) is 0. The van der Waals surface area contributed by atoms with Crippen molar-refractivity contribution in [1.82, 2.24) is 0 Å². The van der Waals surface area contributed by atoms with Crippen LogP contribution in [0.25, 0.3) is 0 Å². The summed E-state index contributed by atoms with van der Waals surface area (Å²) < 4.78 is 0. The Morgan fingerprint density at radius 1 is 1.23 bits per heavy atom. The molecule has 2 atom stereocenters. The van der Waals surface area contributed by atoms with Crippen LogP contribution in [-0.4, -0.2) is 22.4 Å². The van der Waals surface area contributed by atoms with Crippen LogP contribution in [0, 0.1) is 12.3 Å². The molecule has 0 aliphatic heterocycles. The van der Waals surface area contributed by atoms with Crippen LogP contribution < -0.4 is 0 Å². The lowest BCUT2D eigenvalue weighted by molar-refractivity contribution is 0.0548. The average molecular weight is 175 g/mol. The lowest BCUT2D eigenvalue weighted by Crippen LogP contribution is -2.26. The third-order valence-corrected chi connectivity index (χ3v) is 1.80. The van der Waals surface area contributed by atoms with Crippen LogP contribution in [-0.2, 0) is 6.42 Å². The zero-order chi connectivity index (χ0) is 9.68. The highest BCUT2D eigenvalue weighted by Gasteiger charge is 2.13. The molecule has 0 aromatic heterocycles. The minimum Gasteiger partial charge on any atom is -0.389 e. The molecule has 2 heteroatoms. The Labute approximate surface area is 77.8 Å². The number of hydrogen-bond acceptors (Lipinski definition) is 2. The molecule has 1 rings (SSSR count). The van der Waals surface area contributed by atoms with Crippen molar-refractivity contribution in [3.63, 3.8) is 0 Å².